The molecule has 3 unspecified atom stereocenters. The van der Waals surface area contributed by atoms with Gasteiger partial charge in [-0.05, 0) is 12.8 Å². The molecule has 0 spiro atoms. The molecule has 2 aliphatic heterocycles. The molecule has 0 saturated carbocycles. The fourth-order valence-corrected chi connectivity index (χ4v) is 1.83. The fourth-order valence-electron chi connectivity index (χ4n) is 1.83. The van der Waals surface area contributed by atoms with E-state index in [1.807, 2.05) is 0 Å². The lowest BCUT2D eigenvalue weighted by Gasteiger charge is -2.12. The Kier molecular flexibility index (Phi) is 3.16. The number of fused-ring (bicyclic) bond motifs is 1. The predicted molar refractivity (Wildman–Crippen MR) is 45.3 cm³/mol. The number of hydrogen-bond donors (Lipinski definition) is 1. The molecule has 2 aliphatic rings. The van der Waals surface area contributed by atoms with Gasteiger partial charge in [0.2, 0.25) is 0 Å². The molecule has 4 nitrogen and oxygen atoms in total. The van der Waals surface area contributed by atoms with Crippen molar-refractivity contribution in [2.24, 2.45) is 0 Å². The highest BCUT2D eigenvalue weighted by molar-refractivity contribution is 4.83. The van der Waals surface area contributed by atoms with Crippen LogP contribution in [0, 0.1) is 0 Å². The van der Waals surface area contributed by atoms with Gasteiger partial charge in [-0.3, -0.25) is 0 Å². The number of aliphatic hydroxyl groups excluding tert-OH is 1. The Labute approximate surface area is 77.8 Å². The molecule has 0 amide bonds. The molecule has 0 aromatic heterocycles. The summed E-state index contributed by atoms with van der Waals surface area (Å²) in [5, 5.41) is 8.56. The Bertz CT molecular complexity index is 150. The van der Waals surface area contributed by atoms with Gasteiger partial charge < -0.3 is 19.3 Å². The van der Waals surface area contributed by atoms with Crippen LogP contribution in [-0.2, 0) is 14.2 Å². The van der Waals surface area contributed by atoms with Crippen LogP contribution < -0.4 is 0 Å². The molecule has 2 rings (SSSR count). The monoisotopic (exact) mass is 188 g/mol. The third kappa shape index (κ3) is 2.20. The third-order valence-electron chi connectivity index (χ3n) is 2.51. The van der Waals surface area contributed by atoms with Crippen molar-refractivity contribution in [3.63, 3.8) is 0 Å². The van der Waals surface area contributed by atoms with Crippen LogP contribution in [-0.4, -0.2) is 43.4 Å². The van der Waals surface area contributed by atoms with E-state index in [-0.39, 0.29) is 25.1 Å². The Balaban J connectivity index is 1.67. The van der Waals surface area contributed by atoms with E-state index in [9.17, 15) is 0 Å². The fraction of sp³-hybridized carbons (Fsp3) is 1.00. The van der Waals surface area contributed by atoms with Gasteiger partial charge in [0.1, 0.15) is 0 Å². The number of ether oxygens (including phenoxy) is 3. The summed E-state index contributed by atoms with van der Waals surface area (Å²) in [5.74, 6) is 0. The second kappa shape index (κ2) is 4.37. The predicted octanol–water partition coefficient (Wildman–Crippen LogP) is 0.289. The molecule has 1 N–H and O–H groups in total. The van der Waals surface area contributed by atoms with Gasteiger partial charge in [-0.15, -0.1) is 0 Å². The normalized spacial score (nSPS) is 38.1. The summed E-state index contributed by atoms with van der Waals surface area (Å²) >= 11 is 0. The summed E-state index contributed by atoms with van der Waals surface area (Å²) in [7, 11) is 0. The zero-order valence-corrected chi connectivity index (χ0v) is 7.65. The highest BCUT2D eigenvalue weighted by Crippen LogP contribution is 2.30. The van der Waals surface area contributed by atoms with Gasteiger partial charge in [-0.2, -0.15) is 0 Å². The summed E-state index contributed by atoms with van der Waals surface area (Å²) in [5.41, 5.74) is 0. The minimum absolute atomic E-state index is 0.109. The van der Waals surface area contributed by atoms with E-state index in [0.717, 1.165) is 19.4 Å². The van der Waals surface area contributed by atoms with Gasteiger partial charge in [0.05, 0.1) is 18.8 Å². The molecule has 2 saturated heterocycles. The van der Waals surface area contributed by atoms with Crippen LogP contribution in [0.2, 0.25) is 0 Å². The van der Waals surface area contributed by atoms with Crippen LogP contribution in [0.1, 0.15) is 19.3 Å². The number of aliphatic hydroxyl groups is 1. The molecule has 2 fully saturated rings. The maximum Gasteiger partial charge on any atom is 0.160 e. The molecule has 0 radical (unpaired) electrons. The van der Waals surface area contributed by atoms with Crippen molar-refractivity contribution in [1.82, 2.24) is 0 Å². The van der Waals surface area contributed by atoms with Crippen LogP contribution >= 0.6 is 0 Å². The van der Waals surface area contributed by atoms with Gasteiger partial charge in [0, 0.05) is 19.6 Å². The second-order valence-corrected chi connectivity index (χ2v) is 3.49. The van der Waals surface area contributed by atoms with Crippen LogP contribution in [0.15, 0.2) is 0 Å². The maximum absolute atomic E-state index is 8.56. The second-order valence-electron chi connectivity index (χ2n) is 3.49. The quantitative estimate of drug-likeness (QED) is 0.644. The van der Waals surface area contributed by atoms with E-state index in [2.05, 4.69) is 0 Å². The minimum Gasteiger partial charge on any atom is -0.396 e. The summed E-state index contributed by atoms with van der Waals surface area (Å²) in [6.07, 6.45) is 2.90. The van der Waals surface area contributed by atoms with Gasteiger partial charge >= 0.3 is 0 Å². The van der Waals surface area contributed by atoms with Crippen LogP contribution in [0.3, 0.4) is 0 Å². The molecule has 3 atom stereocenters. The molecule has 76 valence electrons. The number of rotatable bonds is 4. The standard InChI is InChI=1S/C9H16O4/c10-3-1-4-12-9-6-8-7(13-9)2-5-11-8/h7-10H,1-6H2. The van der Waals surface area contributed by atoms with Crippen molar-refractivity contribution in [1.29, 1.82) is 0 Å². The first-order chi connectivity index (χ1) is 6.40. The first-order valence-electron chi connectivity index (χ1n) is 4.89. The van der Waals surface area contributed by atoms with Crippen LogP contribution in [0.4, 0.5) is 0 Å². The molecule has 2 heterocycles. The molecule has 0 aliphatic carbocycles. The summed E-state index contributed by atoms with van der Waals surface area (Å²) < 4.78 is 16.5. The lowest BCUT2D eigenvalue weighted by molar-refractivity contribution is -0.134. The zero-order valence-electron chi connectivity index (χ0n) is 7.65. The Morgan fingerprint density at radius 1 is 1.38 bits per heavy atom. The van der Waals surface area contributed by atoms with Gasteiger partial charge in [-0.25, -0.2) is 0 Å². The molecule has 0 aromatic carbocycles. The SMILES string of the molecule is OCCCOC1CC2OCCC2O1. The molecular weight excluding hydrogens is 172 g/mol. The Morgan fingerprint density at radius 2 is 2.31 bits per heavy atom. The zero-order chi connectivity index (χ0) is 9.10. The maximum atomic E-state index is 8.56. The largest absolute Gasteiger partial charge is 0.396 e. The summed E-state index contributed by atoms with van der Waals surface area (Å²) in [6.45, 7) is 1.56. The van der Waals surface area contributed by atoms with Gasteiger partial charge in [0.25, 0.3) is 0 Å². The van der Waals surface area contributed by atoms with Crippen molar-refractivity contribution in [2.45, 2.75) is 37.8 Å². The molecule has 0 bridgehead atoms. The van der Waals surface area contributed by atoms with Crippen molar-refractivity contribution in [3.8, 4) is 0 Å². The summed E-state index contributed by atoms with van der Waals surface area (Å²) in [4.78, 5) is 0. The molecule has 0 aromatic rings. The van der Waals surface area contributed by atoms with E-state index in [1.165, 1.54) is 0 Å². The minimum atomic E-state index is -0.109. The van der Waals surface area contributed by atoms with Crippen LogP contribution in [0.5, 0.6) is 0 Å². The molecule has 4 heteroatoms. The van der Waals surface area contributed by atoms with Crippen molar-refractivity contribution >= 4 is 0 Å². The Hall–Kier alpha value is -0.160. The molecular formula is C9H16O4. The summed E-state index contributed by atoms with van der Waals surface area (Å²) in [6, 6.07) is 0. The van der Waals surface area contributed by atoms with Gasteiger partial charge in [0.15, 0.2) is 6.29 Å². The smallest absolute Gasteiger partial charge is 0.160 e. The average Bonchev–Trinajstić information content (AvgIpc) is 2.64. The van der Waals surface area contributed by atoms with E-state index < -0.39 is 0 Å². The lowest BCUT2D eigenvalue weighted by Crippen LogP contribution is -2.15. The van der Waals surface area contributed by atoms with E-state index in [1.54, 1.807) is 0 Å². The van der Waals surface area contributed by atoms with Crippen molar-refractivity contribution < 1.29 is 19.3 Å². The van der Waals surface area contributed by atoms with Gasteiger partial charge in [-0.1, -0.05) is 0 Å². The molecule has 13 heavy (non-hydrogen) atoms. The first-order valence-corrected chi connectivity index (χ1v) is 4.89. The lowest BCUT2D eigenvalue weighted by atomic mass is 10.2. The first kappa shape index (κ1) is 9.40. The van der Waals surface area contributed by atoms with Crippen LogP contribution in [0.25, 0.3) is 0 Å². The number of hydrogen-bond acceptors (Lipinski definition) is 4. The highest BCUT2D eigenvalue weighted by Gasteiger charge is 2.39. The van der Waals surface area contributed by atoms with E-state index >= 15 is 0 Å². The van der Waals surface area contributed by atoms with E-state index in [4.69, 9.17) is 19.3 Å². The Morgan fingerprint density at radius 3 is 3.08 bits per heavy atom. The topological polar surface area (TPSA) is 47.9 Å². The van der Waals surface area contributed by atoms with Crippen molar-refractivity contribution in [3.05, 3.63) is 0 Å². The van der Waals surface area contributed by atoms with E-state index in [0.29, 0.717) is 13.0 Å². The van der Waals surface area contributed by atoms with Crippen molar-refractivity contribution in [2.75, 3.05) is 19.8 Å². The highest BCUT2D eigenvalue weighted by atomic mass is 16.7. The third-order valence-corrected chi connectivity index (χ3v) is 2.51. The average molecular weight is 188 g/mol.